The molecule has 0 bridgehead atoms. The average Bonchev–Trinajstić information content (AvgIpc) is 2.95. The van der Waals surface area contributed by atoms with Crippen molar-refractivity contribution in [1.82, 2.24) is 15.1 Å². The maximum Gasteiger partial charge on any atom is 0.234 e. The Kier molecular flexibility index (Phi) is 5.34. The lowest BCUT2D eigenvalue weighted by Crippen LogP contribution is -2.52. The van der Waals surface area contributed by atoms with Gasteiger partial charge in [0, 0.05) is 37.2 Å². The SMILES string of the molecule is O=C(CN1CCN2CCCC2C1)NCCc1cccc(Cl)c1. The minimum atomic E-state index is 0.133. The number of benzene rings is 1. The third-order valence-electron chi connectivity index (χ3n) is 4.66. The van der Waals surface area contributed by atoms with Crippen LogP contribution in [0.15, 0.2) is 24.3 Å². The van der Waals surface area contributed by atoms with E-state index in [4.69, 9.17) is 11.6 Å². The Hall–Kier alpha value is -1.10. The van der Waals surface area contributed by atoms with Gasteiger partial charge in [-0.1, -0.05) is 23.7 Å². The highest BCUT2D eigenvalue weighted by atomic mass is 35.5. The fourth-order valence-electron chi connectivity index (χ4n) is 3.50. The van der Waals surface area contributed by atoms with E-state index in [1.165, 1.54) is 19.4 Å². The summed E-state index contributed by atoms with van der Waals surface area (Å²) >= 11 is 5.96. The molecule has 1 amide bonds. The molecule has 1 aromatic rings. The lowest BCUT2D eigenvalue weighted by Gasteiger charge is -2.37. The van der Waals surface area contributed by atoms with Gasteiger partial charge in [0.25, 0.3) is 0 Å². The van der Waals surface area contributed by atoms with Crippen molar-refractivity contribution in [3.8, 4) is 0 Å². The molecule has 3 rings (SSSR count). The van der Waals surface area contributed by atoms with Crippen LogP contribution in [0.25, 0.3) is 0 Å². The van der Waals surface area contributed by atoms with Gasteiger partial charge >= 0.3 is 0 Å². The molecule has 2 fully saturated rings. The highest BCUT2D eigenvalue weighted by molar-refractivity contribution is 6.30. The van der Waals surface area contributed by atoms with Gasteiger partial charge in [-0.3, -0.25) is 14.6 Å². The maximum absolute atomic E-state index is 12.1. The predicted octanol–water partition coefficient (Wildman–Crippen LogP) is 1.78. The summed E-state index contributed by atoms with van der Waals surface area (Å²) in [5.41, 5.74) is 1.16. The highest BCUT2D eigenvalue weighted by Gasteiger charge is 2.30. The summed E-state index contributed by atoms with van der Waals surface area (Å²) in [5, 5.41) is 3.77. The van der Waals surface area contributed by atoms with Crippen molar-refractivity contribution in [3.05, 3.63) is 34.9 Å². The van der Waals surface area contributed by atoms with Crippen molar-refractivity contribution in [3.63, 3.8) is 0 Å². The van der Waals surface area contributed by atoms with Crippen LogP contribution in [0, 0.1) is 0 Å². The molecule has 2 aliphatic rings. The van der Waals surface area contributed by atoms with Gasteiger partial charge < -0.3 is 5.32 Å². The molecule has 5 heteroatoms. The predicted molar refractivity (Wildman–Crippen MR) is 89.2 cm³/mol. The molecule has 0 spiro atoms. The fourth-order valence-corrected chi connectivity index (χ4v) is 3.71. The molecule has 2 saturated heterocycles. The van der Waals surface area contributed by atoms with E-state index in [1.54, 1.807) is 0 Å². The highest BCUT2D eigenvalue weighted by Crippen LogP contribution is 2.21. The van der Waals surface area contributed by atoms with Gasteiger partial charge in [-0.15, -0.1) is 0 Å². The van der Waals surface area contributed by atoms with Gasteiger partial charge in [0.15, 0.2) is 0 Å². The molecule has 2 heterocycles. The maximum atomic E-state index is 12.1. The number of amides is 1. The Morgan fingerprint density at radius 2 is 2.23 bits per heavy atom. The Labute approximate surface area is 137 Å². The normalized spacial score (nSPS) is 22.5. The fraction of sp³-hybridized carbons (Fsp3) is 0.588. The van der Waals surface area contributed by atoms with Crippen LogP contribution in [0.5, 0.6) is 0 Å². The lowest BCUT2D eigenvalue weighted by molar-refractivity contribution is -0.122. The summed E-state index contributed by atoms with van der Waals surface area (Å²) < 4.78 is 0. The second-order valence-corrected chi connectivity index (χ2v) is 6.73. The summed E-state index contributed by atoms with van der Waals surface area (Å²) in [5.74, 6) is 0.133. The molecule has 0 aromatic heterocycles. The third kappa shape index (κ3) is 4.22. The van der Waals surface area contributed by atoms with Crippen molar-refractivity contribution in [2.75, 3.05) is 39.3 Å². The van der Waals surface area contributed by atoms with Crippen molar-refractivity contribution in [2.24, 2.45) is 0 Å². The molecule has 1 aromatic carbocycles. The lowest BCUT2D eigenvalue weighted by atomic mass is 10.1. The molecule has 4 nitrogen and oxygen atoms in total. The Balaban J connectivity index is 1.37. The summed E-state index contributed by atoms with van der Waals surface area (Å²) in [4.78, 5) is 16.9. The molecular formula is C17H24ClN3O. The summed E-state index contributed by atoms with van der Waals surface area (Å²) in [6, 6.07) is 8.48. The first kappa shape index (κ1) is 15.8. The molecule has 1 unspecified atom stereocenters. The molecule has 0 aliphatic carbocycles. The van der Waals surface area contributed by atoms with E-state index in [9.17, 15) is 4.79 Å². The number of nitrogens with one attached hydrogen (secondary N) is 1. The van der Waals surface area contributed by atoms with Crippen LogP contribution in [-0.4, -0.2) is 61.0 Å². The zero-order chi connectivity index (χ0) is 15.4. The molecule has 22 heavy (non-hydrogen) atoms. The summed E-state index contributed by atoms with van der Waals surface area (Å²) in [6.07, 6.45) is 3.42. The number of fused-ring (bicyclic) bond motifs is 1. The van der Waals surface area contributed by atoms with E-state index < -0.39 is 0 Å². The van der Waals surface area contributed by atoms with Crippen molar-refractivity contribution in [2.45, 2.75) is 25.3 Å². The van der Waals surface area contributed by atoms with Gasteiger partial charge in [-0.2, -0.15) is 0 Å². The van der Waals surface area contributed by atoms with Gasteiger partial charge in [-0.05, 0) is 43.5 Å². The Morgan fingerprint density at radius 1 is 1.32 bits per heavy atom. The number of carbonyl (C=O) groups is 1. The minimum Gasteiger partial charge on any atom is -0.355 e. The van der Waals surface area contributed by atoms with E-state index in [0.717, 1.165) is 36.6 Å². The Morgan fingerprint density at radius 3 is 3.09 bits per heavy atom. The van der Waals surface area contributed by atoms with Crippen LogP contribution >= 0.6 is 11.6 Å². The van der Waals surface area contributed by atoms with E-state index >= 15 is 0 Å². The number of hydrogen-bond donors (Lipinski definition) is 1. The number of hydrogen-bond acceptors (Lipinski definition) is 3. The molecule has 0 radical (unpaired) electrons. The van der Waals surface area contributed by atoms with Crippen molar-refractivity contribution in [1.29, 1.82) is 0 Å². The third-order valence-corrected chi connectivity index (χ3v) is 4.90. The van der Waals surface area contributed by atoms with Gasteiger partial charge in [-0.25, -0.2) is 0 Å². The first-order valence-electron chi connectivity index (χ1n) is 8.18. The first-order chi connectivity index (χ1) is 10.7. The standard InChI is InChI=1S/C17H24ClN3O/c18-15-4-1-3-14(11-15)6-7-19-17(22)13-20-9-10-21-8-2-5-16(21)12-20/h1,3-4,11,16H,2,5-10,12-13H2,(H,19,22). The molecule has 1 N–H and O–H groups in total. The monoisotopic (exact) mass is 321 g/mol. The quantitative estimate of drug-likeness (QED) is 0.898. The van der Waals surface area contributed by atoms with Crippen LogP contribution in [0.1, 0.15) is 18.4 Å². The smallest absolute Gasteiger partial charge is 0.234 e. The topological polar surface area (TPSA) is 35.6 Å². The number of rotatable bonds is 5. The van der Waals surface area contributed by atoms with Crippen LogP contribution in [0.2, 0.25) is 5.02 Å². The summed E-state index contributed by atoms with van der Waals surface area (Å²) in [7, 11) is 0. The molecule has 1 atom stereocenters. The second-order valence-electron chi connectivity index (χ2n) is 6.30. The van der Waals surface area contributed by atoms with E-state index in [0.29, 0.717) is 19.1 Å². The largest absolute Gasteiger partial charge is 0.355 e. The van der Waals surface area contributed by atoms with E-state index in [2.05, 4.69) is 15.1 Å². The van der Waals surface area contributed by atoms with Gasteiger partial charge in [0.05, 0.1) is 6.54 Å². The van der Waals surface area contributed by atoms with Gasteiger partial charge in [0.1, 0.15) is 0 Å². The molecule has 0 saturated carbocycles. The van der Waals surface area contributed by atoms with Crippen LogP contribution < -0.4 is 5.32 Å². The van der Waals surface area contributed by atoms with Crippen LogP contribution in [0.4, 0.5) is 0 Å². The van der Waals surface area contributed by atoms with E-state index in [-0.39, 0.29) is 5.91 Å². The summed E-state index contributed by atoms with van der Waals surface area (Å²) in [6.45, 7) is 5.60. The van der Waals surface area contributed by atoms with Gasteiger partial charge in [0.2, 0.25) is 5.91 Å². The van der Waals surface area contributed by atoms with Crippen molar-refractivity contribution < 1.29 is 4.79 Å². The van der Waals surface area contributed by atoms with Crippen LogP contribution in [0.3, 0.4) is 0 Å². The first-order valence-corrected chi connectivity index (χ1v) is 8.56. The van der Waals surface area contributed by atoms with Crippen molar-refractivity contribution >= 4 is 17.5 Å². The average molecular weight is 322 g/mol. The number of halogens is 1. The zero-order valence-electron chi connectivity index (χ0n) is 12.9. The second kappa shape index (κ2) is 7.44. The number of carbonyl (C=O) groups excluding carboxylic acids is 1. The van der Waals surface area contributed by atoms with E-state index in [1.807, 2.05) is 24.3 Å². The van der Waals surface area contributed by atoms with Crippen LogP contribution in [-0.2, 0) is 11.2 Å². The Bertz CT molecular complexity index is 522. The molecule has 120 valence electrons. The minimum absolute atomic E-state index is 0.133. The molecule has 2 aliphatic heterocycles. The number of nitrogens with zero attached hydrogens (tertiary/aromatic N) is 2. The zero-order valence-corrected chi connectivity index (χ0v) is 13.7. The molecular weight excluding hydrogens is 298 g/mol. The number of piperazine rings is 1.